The molecule has 4 aliphatic carbocycles. The summed E-state index contributed by atoms with van der Waals surface area (Å²) in [5.74, 6) is 2.71. The first-order valence-corrected chi connectivity index (χ1v) is 14.5. The van der Waals surface area contributed by atoms with Crippen LogP contribution in [0.2, 0.25) is 0 Å². The van der Waals surface area contributed by atoms with Gasteiger partial charge in [0.25, 0.3) is 0 Å². The molecule has 0 aromatic rings. The molecule has 0 aliphatic heterocycles. The Balaban J connectivity index is 1.47. The van der Waals surface area contributed by atoms with Crippen LogP contribution in [-0.4, -0.2) is 22.2 Å². The maximum Gasteiger partial charge on any atom is 0.331 e. The quantitative estimate of drug-likeness (QED) is 0.250. The third kappa shape index (κ3) is 4.98. The van der Waals surface area contributed by atoms with E-state index in [1.165, 1.54) is 64.2 Å². The average Bonchev–Trinajstić information content (AvgIpc) is 3.19. The van der Waals surface area contributed by atoms with Gasteiger partial charge in [-0.15, -0.1) is 0 Å². The Morgan fingerprint density at radius 1 is 0.861 bits per heavy atom. The highest BCUT2D eigenvalue weighted by Crippen LogP contribution is 2.68. The highest BCUT2D eigenvalue weighted by atomic mass is 16.4. The van der Waals surface area contributed by atoms with Crippen LogP contribution < -0.4 is 0 Å². The standard InChI is InChI=1S/C32H48O4/c1-20(9-10-23(18-21(2)29(33)34)19-22(3)30(35)36)26-13-14-27-25-12-11-24-8-6-7-16-31(24,4)28(25)15-17-32(26,27)5/h10,20,24-28H,2-3,6-9,11-19H2,1,4-5H3,(H,33,34)(H,35,36)/t20-,24?,25+,26-,27+,28+,31+,32-/m1/s1. The van der Waals surface area contributed by atoms with Crippen molar-refractivity contribution in [2.24, 2.45) is 46.3 Å². The summed E-state index contributed by atoms with van der Waals surface area (Å²) >= 11 is 0. The van der Waals surface area contributed by atoms with Gasteiger partial charge in [0, 0.05) is 24.0 Å². The number of fused-ring (bicyclic) bond motifs is 5. The normalized spacial score (nSPS) is 38.1. The zero-order valence-corrected chi connectivity index (χ0v) is 22.9. The minimum absolute atomic E-state index is 0.102. The molecule has 0 radical (unpaired) electrons. The molecular weight excluding hydrogens is 448 g/mol. The molecule has 2 N–H and O–H groups in total. The second kappa shape index (κ2) is 10.5. The Kier molecular flexibility index (Phi) is 7.93. The van der Waals surface area contributed by atoms with Crippen molar-refractivity contribution in [1.82, 2.24) is 0 Å². The van der Waals surface area contributed by atoms with Crippen LogP contribution >= 0.6 is 0 Å². The maximum atomic E-state index is 11.4. The van der Waals surface area contributed by atoms with E-state index >= 15 is 0 Å². The van der Waals surface area contributed by atoms with E-state index in [1.807, 2.05) is 0 Å². The molecule has 200 valence electrons. The summed E-state index contributed by atoms with van der Waals surface area (Å²) in [6.45, 7) is 14.9. The van der Waals surface area contributed by atoms with E-state index < -0.39 is 11.9 Å². The smallest absolute Gasteiger partial charge is 0.331 e. The molecular formula is C32H48O4. The monoisotopic (exact) mass is 496 g/mol. The lowest BCUT2D eigenvalue weighted by Crippen LogP contribution is -2.53. The summed E-state index contributed by atoms with van der Waals surface area (Å²) < 4.78 is 0. The molecule has 0 aromatic heterocycles. The van der Waals surface area contributed by atoms with Crippen LogP contribution in [0.5, 0.6) is 0 Å². The lowest BCUT2D eigenvalue weighted by Gasteiger charge is -2.61. The number of allylic oxidation sites excluding steroid dienone is 2. The second-order valence-electron chi connectivity index (χ2n) is 13.4. The molecule has 4 nitrogen and oxygen atoms in total. The van der Waals surface area contributed by atoms with E-state index in [0.29, 0.717) is 22.7 Å². The van der Waals surface area contributed by atoms with Gasteiger partial charge in [-0.1, -0.05) is 58.4 Å². The van der Waals surface area contributed by atoms with Crippen molar-refractivity contribution in [2.45, 2.75) is 104 Å². The van der Waals surface area contributed by atoms with E-state index in [0.717, 1.165) is 35.7 Å². The molecule has 0 saturated heterocycles. The van der Waals surface area contributed by atoms with Crippen molar-refractivity contribution in [2.75, 3.05) is 0 Å². The van der Waals surface area contributed by atoms with E-state index in [9.17, 15) is 19.8 Å². The van der Waals surface area contributed by atoms with Crippen LogP contribution in [0.25, 0.3) is 0 Å². The highest BCUT2D eigenvalue weighted by Gasteiger charge is 2.60. The molecule has 4 aliphatic rings. The molecule has 0 bridgehead atoms. The minimum atomic E-state index is -1.03. The Morgan fingerprint density at radius 3 is 2.14 bits per heavy atom. The van der Waals surface area contributed by atoms with Crippen LogP contribution in [0.3, 0.4) is 0 Å². The van der Waals surface area contributed by atoms with Gasteiger partial charge in [0.05, 0.1) is 0 Å². The van der Waals surface area contributed by atoms with Crippen molar-refractivity contribution >= 4 is 11.9 Å². The first-order chi connectivity index (χ1) is 17.0. The fraction of sp³-hybridized carbons (Fsp3) is 0.750. The van der Waals surface area contributed by atoms with Gasteiger partial charge in [-0.05, 0) is 104 Å². The van der Waals surface area contributed by atoms with Gasteiger partial charge in [-0.25, -0.2) is 9.59 Å². The van der Waals surface area contributed by atoms with Crippen molar-refractivity contribution in [3.8, 4) is 0 Å². The van der Waals surface area contributed by atoms with Crippen LogP contribution in [0.1, 0.15) is 104 Å². The van der Waals surface area contributed by atoms with Crippen LogP contribution in [0.4, 0.5) is 0 Å². The number of aliphatic carboxylic acids is 2. The number of carbonyl (C=O) groups is 2. The number of hydrogen-bond donors (Lipinski definition) is 2. The van der Waals surface area contributed by atoms with E-state index in [4.69, 9.17) is 0 Å². The fourth-order valence-corrected chi connectivity index (χ4v) is 9.69. The predicted octanol–water partition coefficient (Wildman–Crippen LogP) is 8.05. The Bertz CT molecular complexity index is 900. The summed E-state index contributed by atoms with van der Waals surface area (Å²) in [6, 6.07) is 0. The van der Waals surface area contributed by atoms with Gasteiger partial charge < -0.3 is 10.2 Å². The van der Waals surface area contributed by atoms with Gasteiger partial charge in [0.15, 0.2) is 0 Å². The molecule has 36 heavy (non-hydrogen) atoms. The highest BCUT2D eigenvalue weighted by molar-refractivity contribution is 5.87. The second-order valence-corrected chi connectivity index (χ2v) is 13.4. The Morgan fingerprint density at radius 2 is 1.50 bits per heavy atom. The molecule has 8 atom stereocenters. The summed E-state index contributed by atoms with van der Waals surface area (Å²) in [5.41, 5.74) is 1.98. The Labute approximate surface area is 218 Å². The van der Waals surface area contributed by atoms with Crippen molar-refractivity contribution in [3.63, 3.8) is 0 Å². The van der Waals surface area contributed by atoms with Crippen LogP contribution in [-0.2, 0) is 9.59 Å². The minimum Gasteiger partial charge on any atom is -0.478 e. The SMILES string of the molecule is C=C(CC(=CC[C@@H](C)[C@H]1CC[C@H]2[C@@H]3CCC4CCCC[C@]4(C)[C@H]3CC[C@]12C)CC(=C)C(=O)O)C(=O)O. The van der Waals surface area contributed by atoms with Gasteiger partial charge in [-0.3, -0.25) is 0 Å². The Hall–Kier alpha value is -1.84. The van der Waals surface area contributed by atoms with E-state index in [-0.39, 0.29) is 24.0 Å². The average molecular weight is 497 g/mol. The molecule has 0 spiro atoms. The molecule has 1 unspecified atom stereocenters. The van der Waals surface area contributed by atoms with Crippen molar-refractivity contribution < 1.29 is 19.8 Å². The number of rotatable bonds is 9. The van der Waals surface area contributed by atoms with Crippen molar-refractivity contribution in [3.05, 3.63) is 36.0 Å². The van der Waals surface area contributed by atoms with Crippen LogP contribution in [0.15, 0.2) is 36.0 Å². The van der Waals surface area contributed by atoms with Crippen molar-refractivity contribution in [1.29, 1.82) is 0 Å². The number of carboxylic acid groups (broad SMARTS) is 2. The fourth-order valence-electron chi connectivity index (χ4n) is 9.69. The summed E-state index contributed by atoms with van der Waals surface area (Å²) in [7, 11) is 0. The molecule has 0 heterocycles. The summed E-state index contributed by atoms with van der Waals surface area (Å²) in [6.07, 6.45) is 17.4. The zero-order valence-electron chi connectivity index (χ0n) is 22.9. The lowest BCUT2D eigenvalue weighted by atomic mass is 9.44. The third-order valence-electron chi connectivity index (χ3n) is 11.6. The van der Waals surface area contributed by atoms with Gasteiger partial charge >= 0.3 is 11.9 Å². The summed E-state index contributed by atoms with van der Waals surface area (Å²) in [4.78, 5) is 22.7. The first kappa shape index (κ1) is 27.2. The van der Waals surface area contributed by atoms with E-state index in [2.05, 4.69) is 40.0 Å². The van der Waals surface area contributed by atoms with Gasteiger partial charge in [0.2, 0.25) is 0 Å². The molecule has 0 aromatic carbocycles. The molecule has 4 saturated carbocycles. The van der Waals surface area contributed by atoms with Gasteiger partial charge in [0.1, 0.15) is 0 Å². The number of carboxylic acids is 2. The maximum absolute atomic E-state index is 11.4. The topological polar surface area (TPSA) is 74.6 Å². The molecule has 4 rings (SSSR count). The molecule has 4 fully saturated rings. The largest absolute Gasteiger partial charge is 0.478 e. The predicted molar refractivity (Wildman–Crippen MR) is 144 cm³/mol. The number of hydrogen-bond acceptors (Lipinski definition) is 2. The lowest BCUT2D eigenvalue weighted by molar-refractivity contribution is -0.133. The van der Waals surface area contributed by atoms with E-state index in [1.54, 1.807) is 0 Å². The third-order valence-corrected chi connectivity index (χ3v) is 11.6. The molecule has 0 amide bonds. The zero-order chi connectivity index (χ0) is 26.3. The van der Waals surface area contributed by atoms with Crippen LogP contribution in [0, 0.1) is 46.3 Å². The first-order valence-electron chi connectivity index (χ1n) is 14.5. The van der Waals surface area contributed by atoms with Gasteiger partial charge in [-0.2, -0.15) is 0 Å². The molecule has 4 heteroatoms. The summed E-state index contributed by atoms with van der Waals surface area (Å²) in [5, 5.41) is 18.6.